The molecule has 128 valence electrons. The van der Waals surface area contributed by atoms with Gasteiger partial charge >= 0.3 is 5.97 Å². The van der Waals surface area contributed by atoms with Gasteiger partial charge in [-0.05, 0) is 23.5 Å². The highest BCUT2D eigenvalue weighted by molar-refractivity contribution is 7.18. The van der Waals surface area contributed by atoms with E-state index in [0.717, 1.165) is 36.2 Å². The first-order chi connectivity index (χ1) is 11.7. The number of hydrogen-bond acceptors (Lipinski definition) is 8. The quantitative estimate of drug-likeness (QED) is 0.803. The number of fused-ring (bicyclic) bond motifs is 1. The summed E-state index contributed by atoms with van der Waals surface area (Å²) in [5.41, 5.74) is 0. The van der Waals surface area contributed by atoms with E-state index in [1.807, 2.05) is 0 Å². The molecule has 4 rings (SSSR count). The first-order valence-electron chi connectivity index (χ1n) is 8.10. The first-order valence-corrected chi connectivity index (χ1v) is 8.91. The van der Waals surface area contributed by atoms with E-state index >= 15 is 0 Å². The molecule has 0 radical (unpaired) electrons. The van der Waals surface area contributed by atoms with Gasteiger partial charge in [0.05, 0.1) is 11.1 Å². The number of nitrogens with zero attached hydrogens (tertiary/aromatic N) is 6. The summed E-state index contributed by atoms with van der Waals surface area (Å²) < 4.78 is 0. The van der Waals surface area contributed by atoms with E-state index in [4.69, 9.17) is 0 Å². The van der Waals surface area contributed by atoms with Crippen LogP contribution < -0.4 is 10.2 Å². The molecule has 0 aromatic carbocycles. The highest BCUT2D eigenvalue weighted by atomic mass is 32.1. The molecule has 2 aromatic rings. The second-order valence-corrected chi connectivity index (χ2v) is 7.30. The molecule has 2 saturated heterocycles. The van der Waals surface area contributed by atoms with Crippen molar-refractivity contribution in [3.05, 3.63) is 6.20 Å². The minimum atomic E-state index is -0.955. The highest BCUT2D eigenvalue weighted by Gasteiger charge is 2.37. The van der Waals surface area contributed by atoms with Gasteiger partial charge in [0.2, 0.25) is 5.82 Å². The monoisotopic (exact) mass is 349 g/mol. The third-order valence-electron chi connectivity index (χ3n) is 4.75. The van der Waals surface area contributed by atoms with E-state index in [1.165, 1.54) is 16.1 Å². The van der Waals surface area contributed by atoms with Crippen LogP contribution in [0.15, 0.2) is 6.20 Å². The number of thiazole rings is 1. The molecule has 0 amide bonds. The molecule has 2 N–H and O–H groups in total. The summed E-state index contributed by atoms with van der Waals surface area (Å²) in [4.78, 5) is 20.0. The van der Waals surface area contributed by atoms with E-state index < -0.39 is 12.0 Å². The van der Waals surface area contributed by atoms with Crippen molar-refractivity contribution >= 4 is 22.4 Å². The zero-order valence-corrected chi connectivity index (χ0v) is 14.1. The van der Waals surface area contributed by atoms with E-state index in [2.05, 4.69) is 30.6 Å². The number of aromatic nitrogens is 5. The lowest BCUT2D eigenvalue weighted by Gasteiger charge is -2.15. The molecule has 2 aromatic heterocycles. The molecule has 2 aliphatic heterocycles. The zero-order chi connectivity index (χ0) is 16.7. The summed E-state index contributed by atoms with van der Waals surface area (Å²) in [5.74, 6) is 0.887. The van der Waals surface area contributed by atoms with Crippen molar-refractivity contribution < 1.29 is 9.90 Å². The van der Waals surface area contributed by atoms with E-state index in [9.17, 15) is 9.90 Å². The Morgan fingerprint density at radius 2 is 2.21 bits per heavy atom. The van der Waals surface area contributed by atoms with Crippen LogP contribution in [0.25, 0.3) is 10.7 Å². The minimum Gasteiger partial charge on any atom is -0.480 e. The number of tetrazole rings is 1. The van der Waals surface area contributed by atoms with Crippen LogP contribution in [-0.2, 0) is 4.79 Å². The fourth-order valence-corrected chi connectivity index (χ4v) is 4.28. The van der Waals surface area contributed by atoms with Crippen LogP contribution in [0.4, 0.5) is 5.13 Å². The molecule has 0 spiro atoms. The van der Waals surface area contributed by atoms with Gasteiger partial charge in [0.25, 0.3) is 0 Å². The number of hydrogen-bond donors (Lipinski definition) is 2. The molecule has 2 fully saturated rings. The average Bonchev–Trinajstić information content (AvgIpc) is 3.30. The SMILES string of the molecule is CCC(C(=O)O)n1nnc(-c2cnc(N3CC4CNCC4C3)s2)n1. The van der Waals surface area contributed by atoms with Gasteiger partial charge in [0.1, 0.15) is 0 Å². The molecule has 0 saturated carbocycles. The molecule has 3 unspecified atom stereocenters. The number of carboxylic acids is 1. The van der Waals surface area contributed by atoms with Gasteiger partial charge in [-0.25, -0.2) is 9.78 Å². The van der Waals surface area contributed by atoms with E-state index in [-0.39, 0.29) is 0 Å². The highest BCUT2D eigenvalue weighted by Crippen LogP contribution is 2.35. The van der Waals surface area contributed by atoms with Crippen LogP contribution in [0.2, 0.25) is 0 Å². The van der Waals surface area contributed by atoms with Crippen molar-refractivity contribution in [3.63, 3.8) is 0 Å². The van der Waals surface area contributed by atoms with E-state index in [0.29, 0.717) is 24.1 Å². The fourth-order valence-electron chi connectivity index (χ4n) is 3.42. The lowest BCUT2D eigenvalue weighted by molar-refractivity contribution is -0.141. The molecule has 9 nitrogen and oxygen atoms in total. The molecule has 4 heterocycles. The number of carboxylic acid groups (broad SMARTS) is 1. The predicted octanol–water partition coefficient (Wildman–Crippen LogP) is 0.488. The molecule has 2 aliphatic rings. The van der Waals surface area contributed by atoms with Crippen molar-refractivity contribution in [1.82, 2.24) is 30.5 Å². The molecule has 3 atom stereocenters. The Kier molecular flexibility index (Phi) is 3.93. The number of aliphatic carboxylic acids is 1. The van der Waals surface area contributed by atoms with Gasteiger partial charge < -0.3 is 15.3 Å². The summed E-state index contributed by atoms with van der Waals surface area (Å²) in [7, 11) is 0. The number of carbonyl (C=O) groups is 1. The third kappa shape index (κ3) is 2.65. The van der Waals surface area contributed by atoms with Crippen LogP contribution in [0.3, 0.4) is 0 Å². The Hall–Kier alpha value is -2.07. The predicted molar refractivity (Wildman–Crippen MR) is 88.0 cm³/mol. The van der Waals surface area contributed by atoms with Gasteiger partial charge in [-0.15, -0.1) is 15.0 Å². The Labute approximate surface area is 142 Å². The Bertz CT molecular complexity index is 733. The minimum absolute atomic E-state index is 0.406. The van der Waals surface area contributed by atoms with Gasteiger partial charge in [0.15, 0.2) is 11.2 Å². The van der Waals surface area contributed by atoms with Crippen molar-refractivity contribution in [1.29, 1.82) is 0 Å². The largest absolute Gasteiger partial charge is 0.480 e. The number of anilines is 1. The van der Waals surface area contributed by atoms with Crippen LogP contribution in [0.5, 0.6) is 0 Å². The summed E-state index contributed by atoms with van der Waals surface area (Å²) in [6.07, 6.45) is 2.15. The molecule has 0 bridgehead atoms. The maximum atomic E-state index is 11.2. The van der Waals surface area contributed by atoms with Gasteiger partial charge in [-0.2, -0.15) is 0 Å². The van der Waals surface area contributed by atoms with Crippen LogP contribution >= 0.6 is 11.3 Å². The molecule has 0 aliphatic carbocycles. The van der Waals surface area contributed by atoms with Gasteiger partial charge in [0, 0.05) is 26.2 Å². The normalized spacial score (nSPS) is 24.3. The topological polar surface area (TPSA) is 109 Å². The van der Waals surface area contributed by atoms with Crippen LogP contribution in [-0.4, -0.2) is 62.4 Å². The zero-order valence-electron chi connectivity index (χ0n) is 13.3. The number of nitrogens with one attached hydrogen (secondary N) is 1. The lowest BCUT2D eigenvalue weighted by Crippen LogP contribution is -2.25. The third-order valence-corrected chi connectivity index (χ3v) is 5.81. The lowest BCUT2D eigenvalue weighted by atomic mass is 10.0. The summed E-state index contributed by atoms with van der Waals surface area (Å²) in [6, 6.07) is -0.788. The summed E-state index contributed by atoms with van der Waals surface area (Å²) >= 11 is 1.53. The van der Waals surface area contributed by atoms with Gasteiger partial charge in [-0.3, -0.25) is 0 Å². The van der Waals surface area contributed by atoms with Gasteiger partial charge in [-0.1, -0.05) is 18.3 Å². The smallest absolute Gasteiger partial charge is 0.330 e. The summed E-state index contributed by atoms with van der Waals surface area (Å²) in [5, 5.41) is 25.7. The first kappa shape index (κ1) is 15.5. The van der Waals surface area contributed by atoms with Crippen molar-refractivity contribution in [3.8, 4) is 10.7 Å². The maximum Gasteiger partial charge on any atom is 0.330 e. The van der Waals surface area contributed by atoms with Crippen molar-refractivity contribution in [2.75, 3.05) is 31.1 Å². The molecule has 24 heavy (non-hydrogen) atoms. The number of rotatable bonds is 5. The second-order valence-electron chi connectivity index (χ2n) is 6.29. The van der Waals surface area contributed by atoms with Crippen LogP contribution in [0, 0.1) is 11.8 Å². The summed E-state index contributed by atoms with van der Waals surface area (Å²) in [6.45, 7) is 6.01. The maximum absolute atomic E-state index is 11.2. The average molecular weight is 349 g/mol. The Morgan fingerprint density at radius 1 is 1.46 bits per heavy atom. The molecule has 10 heteroatoms. The Morgan fingerprint density at radius 3 is 2.88 bits per heavy atom. The van der Waals surface area contributed by atoms with Crippen molar-refractivity contribution in [2.45, 2.75) is 19.4 Å². The second kappa shape index (κ2) is 6.10. The standard InChI is InChI=1S/C14H19N7O2S/c1-2-10(13(22)23)21-18-12(17-19-21)11-5-16-14(24-11)20-6-8-3-15-4-9(8)7-20/h5,8-10,15H,2-4,6-7H2,1H3,(H,22,23). The molecular weight excluding hydrogens is 330 g/mol. The van der Waals surface area contributed by atoms with E-state index in [1.54, 1.807) is 13.1 Å². The fraction of sp³-hybridized carbons (Fsp3) is 0.643. The Balaban J connectivity index is 1.51. The molecular formula is C14H19N7O2S. The van der Waals surface area contributed by atoms with Crippen LogP contribution in [0.1, 0.15) is 19.4 Å². The van der Waals surface area contributed by atoms with Crippen molar-refractivity contribution in [2.24, 2.45) is 11.8 Å².